The second-order valence-electron chi connectivity index (χ2n) is 3.33. The Kier molecular flexibility index (Phi) is 4.37. The second-order valence-corrected chi connectivity index (χ2v) is 7.27. The van der Waals surface area contributed by atoms with Gasteiger partial charge in [0.2, 0.25) is 0 Å². The molecule has 0 aliphatic carbocycles. The molecule has 0 saturated carbocycles. The third-order valence-electron chi connectivity index (χ3n) is 2.13. The Balaban J connectivity index is 2.25. The molecule has 98 valence electrons. The molecule has 2 rings (SSSR count). The van der Waals surface area contributed by atoms with Crippen LogP contribution in [0.5, 0.6) is 0 Å². The Labute approximate surface area is 117 Å². The lowest BCUT2D eigenvalue weighted by atomic mass is 10.4. The highest BCUT2D eigenvalue weighted by Crippen LogP contribution is 2.38. The zero-order valence-electron chi connectivity index (χ0n) is 9.05. The molecule has 1 aliphatic heterocycles. The first kappa shape index (κ1) is 13.9. The molecule has 6 nitrogen and oxygen atoms in total. The molecule has 1 saturated heterocycles. The van der Waals surface area contributed by atoms with Gasteiger partial charge in [0.05, 0.1) is 30.7 Å². The minimum atomic E-state index is -3.65. The number of nitriles is 1. The molecule has 0 spiro atoms. The maximum absolute atomic E-state index is 11.8. The van der Waals surface area contributed by atoms with E-state index < -0.39 is 16.3 Å². The summed E-state index contributed by atoms with van der Waals surface area (Å²) in [5.41, 5.74) is 0. The molecular formula is C9H9BrN2O4S2. The fourth-order valence-electron chi connectivity index (χ4n) is 1.36. The van der Waals surface area contributed by atoms with E-state index in [1.807, 2.05) is 0 Å². The minimum Gasteiger partial charge on any atom is -0.345 e. The fourth-order valence-corrected chi connectivity index (χ4v) is 4.66. The largest absolute Gasteiger partial charge is 0.345 e. The number of sulfonamides is 1. The van der Waals surface area contributed by atoms with Crippen LogP contribution in [-0.2, 0) is 19.5 Å². The molecule has 0 aromatic carbocycles. The van der Waals surface area contributed by atoms with Crippen molar-refractivity contribution in [3.05, 3.63) is 15.4 Å². The van der Waals surface area contributed by atoms with E-state index >= 15 is 0 Å². The fraction of sp³-hybridized carbons (Fsp3) is 0.444. The molecule has 1 aromatic rings. The number of hydrogen-bond acceptors (Lipinski definition) is 6. The van der Waals surface area contributed by atoms with Gasteiger partial charge in [0.1, 0.15) is 4.21 Å². The summed E-state index contributed by atoms with van der Waals surface area (Å²) in [6, 6.07) is 3.20. The van der Waals surface area contributed by atoms with Crippen LogP contribution >= 0.6 is 27.3 Å². The minimum absolute atomic E-state index is 0.124. The van der Waals surface area contributed by atoms with E-state index in [4.69, 9.17) is 14.7 Å². The molecule has 2 heterocycles. The Morgan fingerprint density at radius 2 is 2.22 bits per heavy atom. The van der Waals surface area contributed by atoms with E-state index in [9.17, 15) is 8.42 Å². The van der Waals surface area contributed by atoms with E-state index in [0.29, 0.717) is 22.6 Å². The van der Waals surface area contributed by atoms with E-state index in [1.54, 1.807) is 6.07 Å². The maximum atomic E-state index is 11.8. The second kappa shape index (κ2) is 5.64. The van der Waals surface area contributed by atoms with Crippen LogP contribution in [0.25, 0.3) is 0 Å². The molecule has 0 atom stereocenters. The van der Waals surface area contributed by atoms with E-state index in [0.717, 1.165) is 11.3 Å². The van der Waals surface area contributed by atoms with Crippen LogP contribution in [-0.4, -0.2) is 28.2 Å². The third kappa shape index (κ3) is 2.90. The molecule has 1 fully saturated rings. The summed E-state index contributed by atoms with van der Waals surface area (Å²) in [5.74, 6) is 0. The number of ether oxygens (including phenoxy) is 2. The van der Waals surface area contributed by atoms with Crippen LogP contribution in [0, 0.1) is 11.3 Å². The quantitative estimate of drug-likeness (QED) is 0.826. The molecular weight excluding hydrogens is 344 g/mol. The Bertz CT molecular complexity index is 572. The van der Waals surface area contributed by atoms with Crippen LogP contribution in [0.4, 0.5) is 0 Å². The lowest BCUT2D eigenvalue weighted by Crippen LogP contribution is -2.22. The van der Waals surface area contributed by atoms with E-state index in [2.05, 4.69) is 20.7 Å². The van der Waals surface area contributed by atoms with Gasteiger partial charge in [0.15, 0.2) is 6.29 Å². The van der Waals surface area contributed by atoms with Crippen molar-refractivity contribution in [1.29, 1.82) is 5.26 Å². The van der Waals surface area contributed by atoms with E-state index in [1.165, 1.54) is 6.07 Å². The SMILES string of the molecule is N#CCNS(=O)(=O)c1cc(Br)c(C2OCCO2)s1. The van der Waals surface area contributed by atoms with Gasteiger partial charge in [-0.15, -0.1) is 11.3 Å². The van der Waals surface area contributed by atoms with Crippen molar-refractivity contribution >= 4 is 37.3 Å². The van der Waals surface area contributed by atoms with Gasteiger partial charge in [0, 0.05) is 4.47 Å². The summed E-state index contributed by atoms with van der Waals surface area (Å²) in [6.45, 7) is 0.719. The zero-order chi connectivity index (χ0) is 13.2. The molecule has 9 heteroatoms. The summed E-state index contributed by atoms with van der Waals surface area (Å²) < 4.78 is 37.2. The smallest absolute Gasteiger partial charge is 0.251 e. The first-order valence-corrected chi connectivity index (χ1v) is 8.03. The summed E-state index contributed by atoms with van der Waals surface area (Å²) in [6.07, 6.45) is -0.524. The first-order valence-electron chi connectivity index (χ1n) is 4.93. The highest BCUT2D eigenvalue weighted by Gasteiger charge is 2.26. The monoisotopic (exact) mass is 352 g/mol. The highest BCUT2D eigenvalue weighted by molar-refractivity contribution is 9.10. The third-order valence-corrected chi connectivity index (χ3v) is 6.08. The highest BCUT2D eigenvalue weighted by atomic mass is 79.9. The molecule has 0 bridgehead atoms. The number of nitrogens with zero attached hydrogens (tertiary/aromatic N) is 1. The predicted octanol–water partition coefficient (Wildman–Crippen LogP) is 1.36. The lowest BCUT2D eigenvalue weighted by molar-refractivity contribution is -0.0418. The van der Waals surface area contributed by atoms with Gasteiger partial charge in [-0.2, -0.15) is 9.98 Å². The topological polar surface area (TPSA) is 88.4 Å². The van der Waals surface area contributed by atoms with Gasteiger partial charge in [0.25, 0.3) is 10.0 Å². The van der Waals surface area contributed by atoms with Crippen LogP contribution < -0.4 is 4.72 Å². The van der Waals surface area contributed by atoms with E-state index in [-0.39, 0.29) is 10.8 Å². The predicted molar refractivity (Wildman–Crippen MR) is 67.5 cm³/mol. The number of rotatable bonds is 4. The van der Waals surface area contributed by atoms with Crippen molar-refractivity contribution in [3.63, 3.8) is 0 Å². The summed E-state index contributed by atoms with van der Waals surface area (Å²) in [5, 5.41) is 8.39. The lowest BCUT2D eigenvalue weighted by Gasteiger charge is -2.06. The molecule has 1 aliphatic rings. The first-order chi connectivity index (χ1) is 8.54. The molecule has 18 heavy (non-hydrogen) atoms. The number of halogens is 1. The molecule has 0 unspecified atom stereocenters. The molecule has 0 amide bonds. The van der Waals surface area contributed by atoms with Crippen LogP contribution in [0.3, 0.4) is 0 Å². The Hall–Kier alpha value is -0.500. The van der Waals surface area contributed by atoms with Crippen LogP contribution in [0.2, 0.25) is 0 Å². The van der Waals surface area contributed by atoms with Crippen LogP contribution in [0.1, 0.15) is 11.2 Å². The van der Waals surface area contributed by atoms with Gasteiger partial charge >= 0.3 is 0 Å². The standard InChI is InChI=1S/C9H9BrN2O4S2/c10-6-5-7(18(13,14)12-2-1-11)17-8(6)9-15-3-4-16-9/h5,9,12H,2-4H2. The maximum Gasteiger partial charge on any atom is 0.251 e. The summed E-state index contributed by atoms with van der Waals surface area (Å²) in [7, 11) is -3.65. The summed E-state index contributed by atoms with van der Waals surface area (Å²) in [4.78, 5) is 0.671. The Morgan fingerprint density at radius 3 is 2.83 bits per heavy atom. The Morgan fingerprint density at radius 1 is 1.56 bits per heavy atom. The molecule has 0 radical (unpaired) electrons. The van der Waals surface area contributed by atoms with Gasteiger partial charge in [-0.25, -0.2) is 8.42 Å². The summed E-state index contributed by atoms with van der Waals surface area (Å²) >= 11 is 4.34. The van der Waals surface area contributed by atoms with Crippen molar-refractivity contribution in [2.24, 2.45) is 0 Å². The van der Waals surface area contributed by atoms with Crippen molar-refractivity contribution in [1.82, 2.24) is 4.72 Å². The zero-order valence-corrected chi connectivity index (χ0v) is 12.3. The molecule has 1 N–H and O–H groups in total. The van der Waals surface area contributed by atoms with Gasteiger partial charge < -0.3 is 9.47 Å². The number of thiophene rings is 1. The van der Waals surface area contributed by atoms with Crippen molar-refractivity contribution in [2.75, 3.05) is 19.8 Å². The average Bonchev–Trinajstić information content (AvgIpc) is 2.95. The number of hydrogen-bond donors (Lipinski definition) is 1. The molecule has 1 aromatic heterocycles. The van der Waals surface area contributed by atoms with Gasteiger partial charge in [-0.05, 0) is 22.0 Å². The van der Waals surface area contributed by atoms with Gasteiger partial charge in [-0.3, -0.25) is 0 Å². The van der Waals surface area contributed by atoms with Gasteiger partial charge in [-0.1, -0.05) is 0 Å². The number of nitrogens with one attached hydrogen (secondary N) is 1. The van der Waals surface area contributed by atoms with Crippen LogP contribution in [0.15, 0.2) is 14.7 Å². The normalized spacial score (nSPS) is 16.9. The average molecular weight is 353 g/mol. The van der Waals surface area contributed by atoms with Crippen molar-refractivity contribution in [2.45, 2.75) is 10.5 Å². The van der Waals surface area contributed by atoms with Crippen molar-refractivity contribution in [3.8, 4) is 6.07 Å². The van der Waals surface area contributed by atoms with Crippen molar-refractivity contribution < 1.29 is 17.9 Å².